The van der Waals surface area contributed by atoms with Crippen molar-refractivity contribution in [2.75, 3.05) is 17.2 Å². The van der Waals surface area contributed by atoms with Crippen LogP contribution in [0, 0.1) is 11.6 Å². The van der Waals surface area contributed by atoms with Crippen LogP contribution in [0.15, 0.2) is 60.8 Å². The number of nitrogens with one attached hydrogen (secondary N) is 2. The number of carbonyl (C=O) groups excluding carboxylic acids is 1. The molecule has 0 fully saturated rings. The van der Waals surface area contributed by atoms with E-state index < -0.39 is 29.4 Å². The molecule has 1 heterocycles. The number of aliphatic hydroxyl groups excluding tert-OH is 1. The molecule has 191 valence electrons. The van der Waals surface area contributed by atoms with Gasteiger partial charge in [0.2, 0.25) is 0 Å². The van der Waals surface area contributed by atoms with E-state index in [1.54, 1.807) is 24.4 Å². The first-order valence-corrected chi connectivity index (χ1v) is 12.9. The van der Waals surface area contributed by atoms with Gasteiger partial charge in [-0.3, -0.25) is 0 Å². The number of carbonyl (C=O) groups is 1. The number of ether oxygens (including phenoxy) is 1. The molecule has 37 heavy (non-hydrogen) atoms. The molecule has 1 aromatic heterocycles. The van der Waals surface area contributed by atoms with Crippen LogP contribution in [0.25, 0.3) is 11.0 Å². The van der Waals surface area contributed by atoms with E-state index in [4.69, 9.17) is 9.84 Å². The molecule has 0 unspecified atom stereocenters. The zero-order chi connectivity index (χ0) is 26.6. The molecule has 3 N–H and O–H groups in total. The molecule has 2 amide bonds. The van der Waals surface area contributed by atoms with Crippen molar-refractivity contribution in [2.45, 2.75) is 11.4 Å². The number of urea groups is 1. The summed E-state index contributed by atoms with van der Waals surface area (Å²) < 4.78 is 73.0. The predicted molar refractivity (Wildman–Crippen MR) is 127 cm³/mol. The standard InChI is InChI=1S/C24H17AsF5N4O3/c26-17-4-1-13(9-16(17)24(28,29)30)32-23(36)33-14-2-6-21(18(27)10-14)37-15-3-5-19-20(11-15)34-22(12-31-19)25-7-8-35/h1-6,9-12,35H,7-8H2,(H2,32,33,36). The number of hydrogen-bond acceptors (Lipinski definition) is 5. The Morgan fingerprint density at radius 2 is 1.68 bits per heavy atom. The van der Waals surface area contributed by atoms with Gasteiger partial charge in [-0.15, -0.1) is 0 Å². The molecule has 0 atom stereocenters. The van der Waals surface area contributed by atoms with E-state index in [0.29, 0.717) is 34.1 Å². The van der Waals surface area contributed by atoms with E-state index in [1.807, 2.05) is 0 Å². The number of anilines is 2. The number of benzene rings is 3. The smallest absolute Gasteiger partial charge is 0.308 e. The first kappa shape index (κ1) is 26.3. The molecule has 0 aliphatic carbocycles. The largest absolute Gasteiger partial charge is 0.419 e. The van der Waals surface area contributed by atoms with Crippen LogP contribution in [0.4, 0.5) is 38.1 Å². The van der Waals surface area contributed by atoms with Crippen molar-refractivity contribution in [1.29, 1.82) is 0 Å². The fourth-order valence-corrected chi connectivity index (χ4v) is 4.55. The third-order valence-corrected chi connectivity index (χ3v) is 6.84. The Hall–Kier alpha value is -3.76. The van der Waals surface area contributed by atoms with Gasteiger partial charge in [-0.1, -0.05) is 0 Å². The normalized spacial score (nSPS) is 11.7. The van der Waals surface area contributed by atoms with E-state index in [9.17, 15) is 26.7 Å². The van der Waals surface area contributed by atoms with Crippen molar-refractivity contribution in [3.8, 4) is 11.5 Å². The second-order valence-electron chi connectivity index (χ2n) is 7.50. The molecule has 0 saturated carbocycles. The van der Waals surface area contributed by atoms with Gasteiger partial charge in [0.05, 0.1) is 5.56 Å². The molecular formula is C24H17AsF5N4O3. The third kappa shape index (κ3) is 6.72. The molecule has 0 saturated heterocycles. The van der Waals surface area contributed by atoms with E-state index in [-0.39, 0.29) is 39.5 Å². The average Bonchev–Trinajstić information content (AvgIpc) is 2.84. The first-order chi connectivity index (χ1) is 17.6. The predicted octanol–water partition coefficient (Wildman–Crippen LogP) is 5.10. The quantitative estimate of drug-likeness (QED) is 0.209. The van der Waals surface area contributed by atoms with Gasteiger partial charge in [0.25, 0.3) is 0 Å². The summed E-state index contributed by atoms with van der Waals surface area (Å²) in [4.78, 5) is 21.0. The van der Waals surface area contributed by atoms with Gasteiger partial charge >= 0.3 is 150 Å². The van der Waals surface area contributed by atoms with E-state index in [1.165, 1.54) is 12.1 Å². The molecule has 4 rings (SSSR count). The molecule has 13 heteroatoms. The Bertz CT molecular complexity index is 1450. The molecular weight excluding hydrogens is 562 g/mol. The fraction of sp³-hybridized carbons (Fsp3) is 0.125. The zero-order valence-corrected chi connectivity index (χ0v) is 20.6. The SMILES string of the molecule is O=C(Nc1ccc(Oc2ccc3ncc([As]CCO)nc3c2)c(F)c1)Nc1ccc(F)c(C(F)(F)F)c1. The van der Waals surface area contributed by atoms with Crippen LogP contribution >= 0.6 is 0 Å². The van der Waals surface area contributed by atoms with Gasteiger partial charge in [0.1, 0.15) is 5.82 Å². The molecule has 3 aromatic carbocycles. The maximum Gasteiger partial charge on any atom is 0.419 e. The van der Waals surface area contributed by atoms with E-state index >= 15 is 0 Å². The summed E-state index contributed by atoms with van der Waals surface area (Å²) in [6, 6.07) is 9.48. The summed E-state index contributed by atoms with van der Waals surface area (Å²) in [5.74, 6) is -2.13. The maximum absolute atomic E-state index is 14.6. The molecule has 0 bridgehead atoms. The molecule has 4 aromatic rings. The van der Waals surface area contributed by atoms with Gasteiger partial charge < -0.3 is 5.32 Å². The van der Waals surface area contributed by atoms with Crippen LogP contribution in [-0.2, 0) is 6.18 Å². The number of halogens is 5. The topological polar surface area (TPSA) is 96.4 Å². The minimum absolute atomic E-state index is 0.00163. The van der Waals surface area contributed by atoms with Crippen molar-refractivity contribution in [1.82, 2.24) is 9.97 Å². The number of fused-ring (bicyclic) bond motifs is 1. The van der Waals surface area contributed by atoms with Gasteiger partial charge in [-0.25, -0.2) is 9.18 Å². The van der Waals surface area contributed by atoms with Crippen LogP contribution in [0.5, 0.6) is 11.5 Å². The minimum Gasteiger partial charge on any atom is -0.308 e. The number of hydrogen-bond donors (Lipinski definition) is 3. The molecule has 0 aliphatic rings. The van der Waals surface area contributed by atoms with Crippen LogP contribution in [-0.4, -0.2) is 43.5 Å². The van der Waals surface area contributed by atoms with E-state index in [2.05, 4.69) is 20.6 Å². The van der Waals surface area contributed by atoms with Crippen molar-refractivity contribution in [3.63, 3.8) is 0 Å². The summed E-state index contributed by atoms with van der Waals surface area (Å²) in [7, 11) is 0. The zero-order valence-electron chi connectivity index (χ0n) is 18.7. The van der Waals surface area contributed by atoms with Gasteiger partial charge in [-0.2, -0.15) is 13.2 Å². The van der Waals surface area contributed by atoms with E-state index in [0.717, 1.165) is 16.6 Å². The Labute approximate surface area is 213 Å². The van der Waals surface area contributed by atoms with Crippen molar-refractivity contribution in [2.24, 2.45) is 0 Å². The third-order valence-electron chi connectivity index (χ3n) is 4.82. The van der Waals surface area contributed by atoms with Crippen molar-refractivity contribution < 1.29 is 36.6 Å². The molecule has 0 spiro atoms. The fourth-order valence-electron chi connectivity index (χ4n) is 3.19. The summed E-state index contributed by atoms with van der Waals surface area (Å²) in [5, 5.41) is 14.1. The van der Waals surface area contributed by atoms with Crippen LogP contribution in [0.1, 0.15) is 5.56 Å². The monoisotopic (exact) mass is 579 g/mol. The first-order valence-electron chi connectivity index (χ1n) is 10.6. The maximum atomic E-state index is 14.6. The molecule has 1 radical (unpaired) electrons. The minimum atomic E-state index is -4.93. The summed E-state index contributed by atoms with van der Waals surface area (Å²) in [5.41, 5.74) is -0.654. The van der Waals surface area contributed by atoms with Crippen LogP contribution in [0.3, 0.4) is 0 Å². The summed E-state index contributed by atoms with van der Waals surface area (Å²) in [6.07, 6.45) is -3.27. The Morgan fingerprint density at radius 1 is 0.946 bits per heavy atom. The Morgan fingerprint density at radius 3 is 2.38 bits per heavy atom. The summed E-state index contributed by atoms with van der Waals surface area (Å²) in [6.45, 7) is 0.0693. The number of amides is 2. The van der Waals surface area contributed by atoms with Crippen LogP contribution < -0.4 is 19.9 Å². The van der Waals surface area contributed by atoms with Gasteiger partial charge in [0.15, 0.2) is 0 Å². The second kappa shape index (κ2) is 11.1. The summed E-state index contributed by atoms with van der Waals surface area (Å²) >= 11 is -0.328. The molecule has 7 nitrogen and oxygen atoms in total. The van der Waals surface area contributed by atoms with Crippen molar-refractivity contribution in [3.05, 3.63) is 78.0 Å². The van der Waals surface area contributed by atoms with Gasteiger partial charge in [-0.05, 0) is 18.2 Å². The molecule has 0 aliphatic heterocycles. The Balaban J connectivity index is 1.43. The Kier molecular flexibility index (Phi) is 7.89. The van der Waals surface area contributed by atoms with Crippen LogP contribution in [0.2, 0.25) is 5.21 Å². The number of aliphatic hydroxyl groups is 1. The van der Waals surface area contributed by atoms with Gasteiger partial charge in [0, 0.05) is 5.69 Å². The number of rotatable bonds is 7. The number of nitrogens with zero attached hydrogens (tertiary/aromatic N) is 2. The number of alkyl halides is 3. The average molecular weight is 579 g/mol. The number of aromatic nitrogens is 2. The van der Waals surface area contributed by atoms with Crippen molar-refractivity contribution >= 4 is 48.7 Å². The second-order valence-corrected chi connectivity index (χ2v) is 10.1.